The highest BCUT2D eigenvalue weighted by atomic mass is 35.5. The summed E-state index contributed by atoms with van der Waals surface area (Å²) in [4.78, 5) is 23.6. The highest BCUT2D eigenvalue weighted by molar-refractivity contribution is 6.30. The summed E-state index contributed by atoms with van der Waals surface area (Å²) in [6.45, 7) is 3.77. The summed E-state index contributed by atoms with van der Waals surface area (Å²) in [7, 11) is 0. The molecule has 0 aliphatic rings. The molecule has 1 aromatic heterocycles. The molecule has 11 heteroatoms. The van der Waals surface area contributed by atoms with Gasteiger partial charge in [0.1, 0.15) is 23.1 Å². The van der Waals surface area contributed by atoms with Gasteiger partial charge >= 0.3 is 0 Å². The Morgan fingerprint density at radius 2 is 1.78 bits per heavy atom. The number of amides is 1. The molecule has 184 valence electrons. The monoisotopic (exact) mass is 510 g/mol. The van der Waals surface area contributed by atoms with Gasteiger partial charge in [0.25, 0.3) is 11.6 Å². The van der Waals surface area contributed by atoms with Gasteiger partial charge in [-0.1, -0.05) is 17.7 Å². The third kappa shape index (κ3) is 6.16. The lowest BCUT2D eigenvalue weighted by Gasteiger charge is -2.10. The first-order valence-corrected chi connectivity index (χ1v) is 11.0. The molecule has 0 atom stereocenters. The van der Waals surface area contributed by atoms with Gasteiger partial charge in [0.15, 0.2) is 12.4 Å². The quantitative estimate of drug-likeness (QED) is 0.221. The van der Waals surface area contributed by atoms with E-state index >= 15 is 0 Å². The predicted molar refractivity (Wildman–Crippen MR) is 131 cm³/mol. The number of hydrogen-bond acceptors (Lipinski definition) is 6. The smallest absolute Gasteiger partial charge is 0.276 e. The Morgan fingerprint density at radius 1 is 1.06 bits per heavy atom. The SMILES string of the molecule is Cc1cc(C)cc(Oc2cc(NC(=O)c3ccn(COc4ccc(F)c(Cl)c4)n3)cc([N+](=O)[O-])c2)c1. The number of ether oxygens (including phenoxy) is 2. The fourth-order valence-electron chi connectivity index (χ4n) is 3.40. The number of aromatic nitrogens is 2. The molecule has 0 unspecified atom stereocenters. The van der Waals surface area contributed by atoms with Gasteiger partial charge in [0.05, 0.1) is 21.7 Å². The topological polar surface area (TPSA) is 109 Å². The molecule has 1 heterocycles. The van der Waals surface area contributed by atoms with Crippen molar-refractivity contribution >= 4 is 28.9 Å². The second-order valence-corrected chi connectivity index (χ2v) is 8.35. The zero-order chi connectivity index (χ0) is 25.8. The van der Waals surface area contributed by atoms with Crippen LogP contribution in [0.25, 0.3) is 0 Å². The van der Waals surface area contributed by atoms with Crippen LogP contribution < -0.4 is 14.8 Å². The second-order valence-electron chi connectivity index (χ2n) is 7.94. The number of nitrogens with zero attached hydrogens (tertiary/aromatic N) is 3. The van der Waals surface area contributed by atoms with E-state index in [4.69, 9.17) is 21.1 Å². The number of aryl methyl sites for hydroxylation is 2. The van der Waals surface area contributed by atoms with Crippen LogP contribution in [0.2, 0.25) is 5.02 Å². The fraction of sp³-hybridized carbons (Fsp3) is 0.120. The Labute approximate surface area is 210 Å². The largest absolute Gasteiger partial charge is 0.471 e. The number of nitrogens with one attached hydrogen (secondary N) is 1. The van der Waals surface area contributed by atoms with Crippen molar-refractivity contribution in [1.82, 2.24) is 9.78 Å². The number of benzene rings is 3. The average molecular weight is 511 g/mol. The first-order chi connectivity index (χ1) is 17.2. The third-order valence-corrected chi connectivity index (χ3v) is 5.21. The molecule has 0 aliphatic carbocycles. The molecule has 0 fully saturated rings. The summed E-state index contributed by atoms with van der Waals surface area (Å²) in [5.74, 6) is -0.106. The Balaban J connectivity index is 1.47. The summed E-state index contributed by atoms with van der Waals surface area (Å²) >= 11 is 5.74. The van der Waals surface area contributed by atoms with E-state index < -0.39 is 16.6 Å². The van der Waals surface area contributed by atoms with Crippen LogP contribution in [0.1, 0.15) is 21.6 Å². The molecule has 9 nitrogen and oxygen atoms in total. The summed E-state index contributed by atoms with van der Waals surface area (Å²) < 4.78 is 26.0. The summed E-state index contributed by atoms with van der Waals surface area (Å²) in [6, 6.07) is 15.0. The minimum absolute atomic E-state index is 0.0546. The van der Waals surface area contributed by atoms with Crippen molar-refractivity contribution in [2.24, 2.45) is 0 Å². The minimum Gasteiger partial charge on any atom is -0.471 e. The number of halogens is 2. The van der Waals surface area contributed by atoms with Crippen molar-refractivity contribution < 1.29 is 23.6 Å². The summed E-state index contributed by atoms with van der Waals surface area (Å²) in [6.07, 6.45) is 1.52. The van der Waals surface area contributed by atoms with E-state index in [1.165, 1.54) is 53.3 Å². The molecule has 0 spiro atoms. The van der Waals surface area contributed by atoms with Crippen molar-refractivity contribution in [3.63, 3.8) is 0 Å². The van der Waals surface area contributed by atoms with Gasteiger partial charge in [-0.15, -0.1) is 0 Å². The summed E-state index contributed by atoms with van der Waals surface area (Å²) in [5, 5.41) is 18.1. The molecule has 0 aliphatic heterocycles. The van der Waals surface area contributed by atoms with Gasteiger partial charge in [0.2, 0.25) is 0 Å². The highest BCUT2D eigenvalue weighted by Crippen LogP contribution is 2.31. The zero-order valence-electron chi connectivity index (χ0n) is 19.2. The lowest BCUT2D eigenvalue weighted by Crippen LogP contribution is -2.14. The molecule has 0 bridgehead atoms. The lowest BCUT2D eigenvalue weighted by atomic mass is 10.1. The molecule has 0 saturated heterocycles. The van der Waals surface area contributed by atoms with Gasteiger partial charge in [-0.05, 0) is 55.3 Å². The maximum atomic E-state index is 13.3. The van der Waals surface area contributed by atoms with Crippen molar-refractivity contribution in [3.8, 4) is 17.2 Å². The molecule has 3 aromatic carbocycles. The van der Waals surface area contributed by atoms with Crippen LogP contribution in [-0.2, 0) is 6.73 Å². The highest BCUT2D eigenvalue weighted by Gasteiger charge is 2.16. The number of carbonyl (C=O) groups excluding carboxylic acids is 1. The van der Waals surface area contributed by atoms with Crippen molar-refractivity contribution in [1.29, 1.82) is 0 Å². The predicted octanol–water partition coefficient (Wildman–Crippen LogP) is 6.28. The van der Waals surface area contributed by atoms with Gasteiger partial charge in [0, 0.05) is 24.4 Å². The number of non-ortho nitro benzene ring substituents is 1. The molecule has 1 amide bonds. The minimum atomic E-state index is -0.587. The van der Waals surface area contributed by atoms with Crippen LogP contribution in [0.5, 0.6) is 17.2 Å². The Hall–Kier alpha value is -4.44. The Bertz CT molecular complexity index is 1440. The first kappa shape index (κ1) is 24.7. The number of anilines is 1. The number of carbonyl (C=O) groups is 1. The number of rotatable bonds is 8. The first-order valence-electron chi connectivity index (χ1n) is 10.6. The average Bonchev–Trinajstić information content (AvgIpc) is 3.28. The molecule has 36 heavy (non-hydrogen) atoms. The van der Waals surface area contributed by atoms with Crippen molar-refractivity contribution in [2.75, 3.05) is 5.32 Å². The molecule has 0 saturated carbocycles. The van der Waals surface area contributed by atoms with E-state index in [0.717, 1.165) is 11.1 Å². The normalized spacial score (nSPS) is 10.7. The maximum Gasteiger partial charge on any atom is 0.276 e. The molecular formula is C25H20ClFN4O5. The van der Waals surface area contributed by atoms with Crippen molar-refractivity contribution in [2.45, 2.75) is 20.6 Å². The number of nitro benzene ring substituents is 1. The maximum absolute atomic E-state index is 13.3. The standard InChI is InChI=1S/C25H20ClFN4O5/c1-15-7-16(2)9-20(8-15)36-21-11-17(10-18(12-21)31(33)34)28-25(32)24-5-6-30(29-24)14-35-19-3-4-23(27)22(26)13-19/h3-13H,14H2,1-2H3,(H,28,32). The zero-order valence-corrected chi connectivity index (χ0v) is 20.0. The van der Waals surface area contributed by atoms with E-state index in [2.05, 4.69) is 10.4 Å². The van der Waals surface area contributed by atoms with E-state index in [0.29, 0.717) is 11.5 Å². The molecule has 0 radical (unpaired) electrons. The molecule has 4 aromatic rings. The molecule has 4 rings (SSSR count). The second kappa shape index (κ2) is 10.4. The van der Waals surface area contributed by atoms with E-state index in [9.17, 15) is 19.3 Å². The van der Waals surface area contributed by atoms with E-state index in [1.807, 2.05) is 19.9 Å². The van der Waals surface area contributed by atoms with E-state index in [1.54, 1.807) is 12.1 Å². The van der Waals surface area contributed by atoms with Crippen LogP contribution in [0, 0.1) is 29.8 Å². The number of nitro groups is 1. The third-order valence-electron chi connectivity index (χ3n) is 4.92. The van der Waals surface area contributed by atoms with Crippen LogP contribution in [0.4, 0.5) is 15.8 Å². The summed E-state index contributed by atoms with van der Waals surface area (Å²) in [5.41, 5.74) is 1.93. The number of hydrogen-bond donors (Lipinski definition) is 1. The fourth-order valence-corrected chi connectivity index (χ4v) is 3.58. The van der Waals surface area contributed by atoms with Crippen LogP contribution >= 0.6 is 11.6 Å². The van der Waals surface area contributed by atoms with Crippen LogP contribution in [-0.4, -0.2) is 20.6 Å². The van der Waals surface area contributed by atoms with E-state index in [-0.39, 0.29) is 34.6 Å². The molecule has 1 N–H and O–H groups in total. The van der Waals surface area contributed by atoms with Gasteiger partial charge in [-0.25, -0.2) is 9.07 Å². The Kier molecular flexibility index (Phi) is 7.16. The Morgan fingerprint density at radius 3 is 2.47 bits per heavy atom. The molecular weight excluding hydrogens is 491 g/mol. The lowest BCUT2D eigenvalue weighted by molar-refractivity contribution is -0.384. The van der Waals surface area contributed by atoms with Gasteiger partial charge in [-0.2, -0.15) is 5.10 Å². The van der Waals surface area contributed by atoms with Gasteiger partial charge < -0.3 is 14.8 Å². The van der Waals surface area contributed by atoms with Crippen LogP contribution in [0.3, 0.4) is 0 Å². The van der Waals surface area contributed by atoms with Crippen molar-refractivity contribution in [3.05, 3.63) is 105 Å². The van der Waals surface area contributed by atoms with Crippen LogP contribution in [0.15, 0.2) is 66.9 Å². The van der Waals surface area contributed by atoms with Gasteiger partial charge in [-0.3, -0.25) is 14.9 Å².